The number of alkyl halides is 3. The average Bonchev–Trinajstić information content (AvgIpc) is 2.86. The first-order chi connectivity index (χ1) is 10.7. The molecule has 5 nitrogen and oxygen atoms in total. The maximum atomic E-state index is 12.8. The number of ether oxygens (including phenoxy) is 1. The van der Waals surface area contributed by atoms with Crippen LogP contribution in [0.4, 0.5) is 13.2 Å². The molecule has 2 atom stereocenters. The van der Waals surface area contributed by atoms with Gasteiger partial charge in [-0.25, -0.2) is 0 Å². The van der Waals surface area contributed by atoms with Crippen molar-refractivity contribution in [3.05, 3.63) is 29.8 Å². The van der Waals surface area contributed by atoms with Crippen molar-refractivity contribution in [1.29, 1.82) is 0 Å². The summed E-state index contributed by atoms with van der Waals surface area (Å²) < 4.78 is 43.5. The molecule has 0 aliphatic carbocycles. The van der Waals surface area contributed by atoms with Crippen LogP contribution in [0.15, 0.2) is 24.3 Å². The Bertz CT molecular complexity index is 603. The van der Waals surface area contributed by atoms with Gasteiger partial charge in [-0.2, -0.15) is 13.2 Å². The zero-order valence-electron chi connectivity index (χ0n) is 12.3. The first-order valence-corrected chi connectivity index (χ1v) is 6.99. The molecule has 0 aromatic heterocycles. The van der Waals surface area contributed by atoms with Gasteiger partial charge in [0.05, 0.1) is 11.5 Å². The number of carboxylic acid groups (broad SMARTS) is 1. The highest BCUT2D eigenvalue weighted by molar-refractivity contribution is 5.80. The number of carboxylic acids is 1. The average molecular weight is 331 g/mol. The monoisotopic (exact) mass is 331 g/mol. The largest absolute Gasteiger partial charge is 0.483 e. The molecular weight excluding hydrogens is 315 g/mol. The highest BCUT2D eigenvalue weighted by Gasteiger charge is 2.37. The van der Waals surface area contributed by atoms with Crippen molar-refractivity contribution < 1.29 is 32.6 Å². The van der Waals surface area contributed by atoms with Crippen LogP contribution < -0.4 is 4.74 Å². The van der Waals surface area contributed by atoms with Gasteiger partial charge in [0.15, 0.2) is 6.61 Å². The molecule has 1 amide bonds. The Hall–Kier alpha value is -2.25. The van der Waals surface area contributed by atoms with E-state index in [9.17, 15) is 22.8 Å². The lowest BCUT2D eigenvalue weighted by molar-refractivity contribution is -0.143. The number of halogens is 3. The van der Waals surface area contributed by atoms with Gasteiger partial charge in [-0.15, -0.1) is 0 Å². The maximum Gasteiger partial charge on any atom is 0.419 e. The van der Waals surface area contributed by atoms with Crippen LogP contribution >= 0.6 is 0 Å². The minimum absolute atomic E-state index is 0.0413. The zero-order valence-corrected chi connectivity index (χ0v) is 12.3. The molecule has 1 fully saturated rings. The van der Waals surface area contributed by atoms with Crippen LogP contribution in [0.3, 0.4) is 0 Å². The molecule has 126 valence electrons. The molecule has 0 bridgehead atoms. The minimum Gasteiger partial charge on any atom is -0.483 e. The molecule has 0 saturated carbocycles. The van der Waals surface area contributed by atoms with Gasteiger partial charge in [0.1, 0.15) is 5.75 Å². The summed E-state index contributed by atoms with van der Waals surface area (Å²) in [5.41, 5.74) is -0.953. The Morgan fingerprint density at radius 1 is 1.30 bits per heavy atom. The molecule has 1 aromatic carbocycles. The summed E-state index contributed by atoms with van der Waals surface area (Å²) in [6.07, 6.45) is -4.57. The number of likely N-dealkylation sites (tertiary alicyclic amines) is 1. The number of amides is 1. The Balaban J connectivity index is 2.00. The Kier molecular flexibility index (Phi) is 4.82. The van der Waals surface area contributed by atoms with Crippen LogP contribution in [-0.4, -0.2) is 41.6 Å². The SMILES string of the molecule is C[C@@H]1CN(C(=O)COc2ccccc2C(F)(F)F)C[C@H]1C(=O)O. The molecule has 0 unspecified atom stereocenters. The van der Waals surface area contributed by atoms with Crippen LogP contribution in [-0.2, 0) is 15.8 Å². The summed E-state index contributed by atoms with van der Waals surface area (Å²) in [4.78, 5) is 24.3. The minimum atomic E-state index is -4.57. The Morgan fingerprint density at radius 2 is 1.96 bits per heavy atom. The van der Waals surface area contributed by atoms with Crippen LogP contribution in [0.2, 0.25) is 0 Å². The van der Waals surface area contributed by atoms with Crippen LogP contribution in [0.1, 0.15) is 12.5 Å². The van der Waals surface area contributed by atoms with E-state index in [0.717, 1.165) is 12.1 Å². The van der Waals surface area contributed by atoms with E-state index >= 15 is 0 Å². The molecule has 1 aromatic rings. The van der Waals surface area contributed by atoms with Crippen molar-refractivity contribution in [2.24, 2.45) is 11.8 Å². The van der Waals surface area contributed by atoms with Crippen LogP contribution in [0.25, 0.3) is 0 Å². The number of hydrogen-bond acceptors (Lipinski definition) is 3. The normalized spacial score (nSPS) is 21.3. The van der Waals surface area contributed by atoms with Crippen molar-refractivity contribution in [2.75, 3.05) is 19.7 Å². The summed E-state index contributed by atoms with van der Waals surface area (Å²) in [6.45, 7) is 1.44. The summed E-state index contributed by atoms with van der Waals surface area (Å²) in [7, 11) is 0. The number of carbonyl (C=O) groups is 2. The number of rotatable bonds is 4. The van der Waals surface area contributed by atoms with E-state index in [0.29, 0.717) is 0 Å². The third-order valence-corrected chi connectivity index (χ3v) is 3.83. The van der Waals surface area contributed by atoms with Gasteiger partial charge >= 0.3 is 12.1 Å². The maximum absolute atomic E-state index is 12.8. The van der Waals surface area contributed by atoms with Crippen molar-refractivity contribution >= 4 is 11.9 Å². The van der Waals surface area contributed by atoms with Gasteiger partial charge < -0.3 is 14.7 Å². The zero-order chi connectivity index (χ0) is 17.2. The number of hydrogen-bond donors (Lipinski definition) is 1. The predicted molar refractivity (Wildman–Crippen MR) is 73.8 cm³/mol. The van der Waals surface area contributed by atoms with Gasteiger partial charge in [0.2, 0.25) is 0 Å². The molecular formula is C15H16F3NO4. The molecule has 0 spiro atoms. The predicted octanol–water partition coefficient (Wildman–Crippen LogP) is 2.26. The first-order valence-electron chi connectivity index (χ1n) is 6.99. The third kappa shape index (κ3) is 3.94. The fraction of sp³-hybridized carbons (Fsp3) is 0.467. The molecule has 0 radical (unpaired) electrons. The fourth-order valence-corrected chi connectivity index (χ4v) is 2.55. The molecule has 1 aliphatic heterocycles. The topological polar surface area (TPSA) is 66.8 Å². The van der Waals surface area contributed by atoms with Gasteiger partial charge in [-0.3, -0.25) is 9.59 Å². The van der Waals surface area contributed by atoms with Gasteiger partial charge in [0.25, 0.3) is 5.91 Å². The van der Waals surface area contributed by atoms with Gasteiger partial charge in [0, 0.05) is 13.1 Å². The lowest BCUT2D eigenvalue weighted by atomic mass is 9.99. The molecule has 1 N–H and O–H groups in total. The third-order valence-electron chi connectivity index (χ3n) is 3.83. The summed E-state index contributed by atoms with van der Waals surface area (Å²) in [5, 5.41) is 9.02. The summed E-state index contributed by atoms with van der Waals surface area (Å²) >= 11 is 0. The highest BCUT2D eigenvalue weighted by Crippen LogP contribution is 2.35. The van der Waals surface area contributed by atoms with E-state index in [1.807, 2.05) is 0 Å². The first kappa shape index (κ1) is 17.1. The number of benzene rings is 1. The van der Waals surface area contributed by atoms with Crippen molar-refractivity contribution in [2.45, 2.75) is 13.1 Å². The standard InChI is InChI=1S/C15H16F3NO4/c1-9-6-19(7-10(9)14(21)22)13(20)8-23-12-5-3-2-4-11(12)15(16,17)18/h2-5,9-10H,6-8H2,1H3,(H,21,22)/t9-,10-/m1/s1. The Labute approximate surface area is 130 Å². The number of aliphatic carboxylic acids is 1. The van der Waals surface area contributed by atoms with E-state index < -0.39 is 41.9 Å². The van der Waals surface area contributed by atoms with Crippen molar-refractivity contribution in [3.63, 3.8) is 0 Å². The van der Waals surface area contributed by atoms with Gasteiger partial charge in [-0.05, 0) is 18.1 Å². The number of carbonyl (C=O) groups excluding carboxylic acids is 1. The second kappa shape index (κ2) is 6.47. The van der Waals surface area contributed by atoms with E-state index in [2.05, 4.69) is 0 Å². The molecule has 23 heavy (non-hydrogen) atoms. The number of para-hydroxylation sites is 1. The van der Waals surface area contributed by atoms with Crippen LogP contribution in [0.5, 0.6) is 5.75 Å². The molecule has 2 rings (SSSR count). The smallest absolute Gasteiger partial charge is 0.419 e. The summed E-state index contributed by atoms with van der Waals surface area (Å²) in [6, 6.07) is 4.63. The van der Waals surface area contributed by atoms with Crippen molar-refractivity contribution in [3.8, 4) is 5.75 Å². The van der Waals surface area contributed by atoms with Crippen molar-refractivity contribution in [1.82, 2.24) is 4.90 Å². The molecule has 1 heterocycles. The second-order valence-electron chi connectivity index (χ2n) is 5.50. The van der Waals surface area contributed by atoms with Gasteiger partial charge in [-0.1, -0.05) is 19.1 Å². The van der Waals surface area contributed by atoms with E-state index in [-0.39, 0.29) is 19.0 Å². The fourth-order valence-electron chi connectivity index (χ4n) is 2.55. The lowest BCUT2D eigenvalue weighted by Gasteiger charge is -2.18. The van der Waals surface area contributed by atoms with E-state index in [1.54, 1.807) is 6.92 Å². The van der Waals surface area contributed by atoms with Crippen LogP contribution in [0, 0.1) is 11.8 Å². The highest BCUT2D eigenvalue weighted by atomic mass is 19.4. The molecule has 8 heteroatoms. The van der Waals surface area contributed by atoms with E-state index in [1.165, 1.54) is 17.0 Å². The molecule has 1 saturated heterocycles. The quantitative estimate of drug-likeness (QED) is 0.919. The Morgan fingerprint density at radius 3 is 2.52 bits per heavy atom. The lowest BCUT2D eigenvalue weighted by Crippen LogP contribution is -2.34. The summed E-state index contributed by atoms with van der Waals surface area (Å²) in [5.74, 6) is -2.82. The van der Waals surface area contributed by atoms with E-state index in [4.69, 9.17) is 9.84 Å². The molecule has 1 aliphatic rings. The number of nitrogens with zero attached hydrogens (tertiary/aromatic N) is 1. The second-order valence-corrected chi connectivity index (χ2v) is 5.50.